The molecule has 34 heavy (non-hydrogen) atoms. The van der Waals surface area contributed by atoms with Crippen molar-refractivity contribution in [2.24, 2.45) is 0 Å². The molecule has 2 amide bonds. The van der Waals surface area contributed by atoms with Crippen LogP contribution in [0.25, 0.3) is 0 Å². The highest BCUT2D eigenvalue weighted by molar-refractivity contribution is 7.17. The van der Waals surface area contributed by atoms with Crippen LogP contribution in [-0.4, -0.2) is 24.9 Å². The van der Waals surface area contributed by atoms with Gasteiger partial charge in [-0.3, -0.25) is 9.59 Å². The van der Waals surface area contributed by atoms with Crippen LogP contribution in [0.15, 0.2) is 60.7 Å². The molecule has 1 heterocycles. The number of methoxy groups -OCH3 is 1. The Morgan fingerprint density at radius 2 is 1.32 bits per heavy atom. The molecule has 0 spiro atoms. The number of ether oxygens (including phenoxy) is 1. The van der Waals surface area contributed by atoms with Gasteiger partial charge in [0.1, 0.15) is 5.00 Å². The molecule has 0 unspecified atom stereocenters. The van der Waals surface area contributed by atoms with Crippen LogP contribution < -0.4 is 4.90 Å². The number of fused-ring (bicyclic) bond motifs is 1. The van der Waals surface area contributed by atoms with E-state index in [1.807, 2.05) is 60.7 Å². The van der Waals surface area contributed by atoms with E-state index in [-0.39, 0.29) is 24.7 Å². The lowest BCUT2D eigenvalue weighted by atomic mass is 9.96. The second kappa shape index (κ2) is 11.3. The number of anilines is 1. The lowest BCUT2D eigenvalue weighted by Crippen LogP contribution is -2.39. The van der Waals surface area contributed by atoms with Gasteiger partial charge >= 0.3 is 5.97 Å². The Morgan fingerprint density at radius 1 is 0.794 bits per heavy atom. The Kier molecular flexibility index (Phi) is 7.91. The van der Waals surface area contributed by atoms with Crippen LogP contribution >= 0.6 is 11.3 Å². The van der Waals surface area contributed by atoms with E-state index in [0.29, 0.717) is 10.6 Å². The number of esters is 1. The molecule has 176 valence electrons. The quantitative estimate of drug-likeness (QED) is 0.439. The topological polar surface area (TPSA) is 63.7 Å². The minimum absolute atomic E-state index is 0.0740. The number of hydrogen-bond acceptors (Lipinski definition) is 5. The molecular weight excluding hydrogens is 446 g/mol. The fourth-order valence-corrected chi connectivity index (χ4v) is 5.85. The molecule has 0 saturated heterocycles. The first-order valence-corrected chi connectivity index (χ1v) is 12.6. The third-order valence-electron chi connectivity index (χ3n) is 6.14. The molecule has 0 atom stereocenters. The Labute approximate surface area is 204 Å². The van der Waals surface area contributed by atoms with Gasteiger partial charge in [0.2, 0.25) is 11.8 Å². The van der Waals surface area contributed by atoms with Crippen LogP contribution in [0.3, 0.4) is 0 Å². The normalized spacial score (nSPS) is 13.3. The first-order chi connectivity index (χ1) is 16.6. The third-order valence-corrected chi connectivity index (χ3v) is 7.42. The van der Waals surface area contributed by atoms with Gasteiger partial charge in [-0.25, -0.2) is 9.69 Å². The summed E-state index contributed by atoms with van der Waals surface area (Å²) < 4.78 is 5.14. The average molecular weight is 476 g/mol. The number of amides is 2. The van der Waals surface area contributed by atoms with E-state index in [2.05, 4.69) is 0 Å². The highest BCUT2D eigenvalue weighted by Crippen LogP contribution is 2.40. The van der Waals surface area contributed by atoms with Crippen molar-refractivity contribution >= 4 is 34.1 Å². The van der Waals surface area contributed by atoms with Gasteiger partial charge in [0.05, 0.1) is 25.5 Å². The van der Waals surface area contributed by atoms with Gasteiger partial charge in [-0.05, 0) is 42.4 Å². The number of carbonyl (C=O) groups is 3. The maximum absolute atomic E-state index is 13.6. The van der Waals surface area contributed by atoms with Crippen molar-refractivity contribution in [2.45, 2.75) is 51.4 Å². The second-order valence-corrected chi connectivity index (χ2v) is 9.62. The smallest absolute Gasteiger partial charge is 0.341 e. The second-order valence-electron chi connectivity index (χ2n) is 8.54. The Balaban J connectivity index is 1.78. The average Bonchev–Trinajstić information content (AvgIpc) is 3.16. The van der Waals surface area contributed by atoms with E-state index in [1.54, 1.807) is 0 Å². The van der Waals surface area contributed by atoms with Crippen molar-refractivity contribution < 1.29 is 19.1 Å². The summed E-state index contributed by atoms with van der Waals surface area (Å²) in [6, 6.07) is 18.7. The lowest BCUT2D eigenvalue weighted by molar-refractivity contribution is -0.125. The van der Waals surface area contributed by atoms with Crippen LogP contribution in [0.2, 0.25) is 0 Å². The van der Waals surface area contributed by atoms with Gasteiger partial charge in [-0.2, -0.15) is 0 Å². The number of aryl methyl sites for hydroxylation is 1. The predicted octanol–water partition coefficient (Wildman–Crippen LogP) is 5.54. The summed E-state index contributed by atoms with van der Waals surface area (Å²) >= 11 is 1.40. The third kappa shape index (κ3) is 5.45. The predicted molar refractivity (Wildman–Crippen MR) is 134 cm³/mol. The minimum atomic E-state index is -0.488. The molecule has 0 aliphatic heterocycles. The van der Waals surface area contributed by atoms with E-state index in [0.717, 1.165) is 60.1 Å². The number of nitrogens with zero attached hydrogens (tertiary/aromatic N) is 1. The number of carbonyl (C=O) groups excluding carboxylic acids is 3. The molecule has 1 aliphatic rings. The Morgan fingerprint density at radius 3 is 1.85 bits per heavy atom. The molecule has 0 saturated carbocycles. The van der Waals surface area contributed by atoms with E-state index in [9.17, 15) is 14.4 Å². The maximum Gasteiger partial charge on any atom is 0.341 e. The summed E-state index contributed by atoms with van der Waals surface area (Å²) in [7, 11) is 1.35. The van der Waals surface area contributed by atoms with Crippen molar-refractivity contribution in [1.82, 2.24) is 0 Å². The SMILES string of the molecule is COC(=O)c1c(N(C(=O)Cc2ccccc2)C(=O)Cc2ccccc2)sc2c1CCCCCC2. The molecule has 5 nitrogen and oxygen atoms in total. The van der Waals surface area contributed by atoms with Gasteiger partial charge in [0, 0.05) is 4.88 Å². The molecule has 4 rings (SSSR count). The van der Waals surface area contributed by atoms with Gasteiger partial charge < -0.3 is 4.74 Å². The number of hydrogen-bond donors (Lipinski definition) is 0. The van der Waals surface area contributed by atoms with Crippen LogP contribution in [0.5, 0.6) is 0 Å². The molecule has 1 aromatic heterocycles. The van der Waals surface area contributed by atoms with E-state index >= 15 is 0 Å². The summed E-state index contributed by atoms with van der Waals surface area (Å²) in [4.78, 5) is 42.5. The Bertz CT molecular complexity index is 1100. The summed E-state index contributed by atoms with van der Waals surface area (Å²) in [6.07, 6.45) is 6.00. The van der Waals surface area contributed by atoms with Crippen molar-refractivity contribution in [3.05, 3.63) is 87.8 Å². The first kappa shape index (κ1) is 23.9. The molecule has 0 bridgehead atoms. The largest absolute Gasteiger partial charge is 0.465 e. The number of thiophene rings is 1. The molecule has 6 heteroatoms. The summed E-state index contributed by atoms with van der Waals surface area (Å²) in [5, 5.41) is 0.403. The van der Waals surface area contributed by atoms with E-state index in [4.69, 9.17) is 4.74 Å². The van der Waals surface area contributed by atoms with E-state index < -0.39 is 5.97 Å². The van der Waals surface area contributed by atoms with Gasteiger partial charge in [-0.15, -0.1) is 11.3 Å². The van der Waals surface area contributed by atoms with Crippen molar-refractivity contribution in [3.8, 4) is 0 Å². The summed E-state index contributed by atoms with van der Waals surface area (Å²) in [5.74, 6) is -1.17. The van der Waals surface area contributed by atoms with Gasteiger partial charge in [-0.1, -0.05) is 73.5 Å². The fourth-order valence-electron chi connectivity index (χ4n) is 4.44. The molecule has 2 aromatic carbocycles. The van der Waals surface area contributed by atoms with Crippen molar-refractivity contribution in [3.63, 3.8) is 0 Å². The molecule has 3 aromatic rings. The zero-order chi connectivity index (χ0) is 23.9. The summed E-state index contributed by atoms with van der Waals surface area (Å²) in [5.41, 5.74) is 2.96. The van der Waals surface area contributed by atoms with Gasteiger partial charge in [0.15, 0.2) is 0 Å². The number of rotatable bonds is 6. The zero-order valence-corrected chi connectivity index (χ0v) is 20.2. The number of imide groups is 1. The number of benzene rings is 2. The molecule has 0 radical (unpaired) electrons. The standard InChI is InChI=1S/C28H29NO4S/c1-33-28(32)26-22-16-10-2-3-11-17-23(22)34-27(26)29(24(30)18-20-12-6-4-7-13-20)25(31)19-21-14-8-5-9-15-21/h4-9,12-15H,2-3,10-11,16-19H2,1H3. The highest BCUT2D eigenvalue weighted by Gasteiger charge is 2.33. The van der Waals surface area contributed by atoms with Crippen molar-refractivity contribution in [2.75, 3.05) is 12.0 Å². The van der Waals surface area contributed by atoms with Crippen LogP contribution in [0.4, 0.5) is 5.00 Å². The highest BCUT2D eigenvalue weighted by atomic mass is 32.1. The zero-order valence-electron chi connectivity index (χ0n) is 19.4. The molecule has 0 fully saturated rings. The maximum atomic E-state index is 13.6. The molecule has 1 aliphatic carbocycles. The lowest BCUT2D eigenvalue weighted by Gasteiger charge is -2.21. The van der Waals surface area contributed by atoms with Crippen LogP contribution in [0, 0.1) is 0 Å². The summed E-state index contributed by atoms with van der Waals surface area (Å²) in [6.45, 7) is 0. The fraction of sp³-hybridized carbons (Fsp3) is 0.321. The van der Waals surface area contributed by atoms with Crippen LogP contribution in [0.1, 0.15) is 57.6 Å². The van der Waals surface area contributed by atoms with Gasteiger partial charge in [0.25, 0.3) is 0 Å². The van der Waals surface area contributed by atoms with E-state index in [1.165, 1.54) is 23.3 Å². The van der Waals surface area contributed by atoms with Crippen LogP contribution in [-0.2, 0) is 40.0 Å². The Hall–Kier alpha value is -3.25. The first-order valence-electron chi connectivity index (χ1n) is 11.7. The molecular formula is C28H29NO4S. The minimum Gasteiger partial charge on any atom is -0.465 e. The monoisotopic (exact) mass is 475 g/mol. The molecule has 0 N–H and O–H groups in total. The van der Waals surface area contributed by atoms with Crippen molar-refractivity contribution in [1.29, 1.82) is 0 Å².